The molecule has 0 saturated carbocycles. The normalized spacial score (nSPS) is 14.2. The maximum absolute atomic E-state index is 12.1. The molecule has 0 saturated heterocycles. The SMILES string of the molecule is CC(CC(=O)NCCn1nc2c(cc1=O)CCC2)c1ccccc1. The third-order valence-electron chi connectivity index (χ3n) is 4.53. The Labute approximate surface area is 141 Å². The number of nitrogens with zero attached hydrogens (tertiary/aromatic N) is 2. The van der Waals surface area contributed by atoms with E-state index in [9.17, 15) is 9.59 Å². The highest BCUT2D eigenvalue weighted by atomic mass is 16.1. The van der Waals surface area contributed by atoms with E-state index in [1.807, 2.05) is 37.3 Å². The minimum Gasteiger partial charge on any atom is -0.354 e. The molecule has 2 aromatic rings. The Morgan fingerprint density at radius 2 is 2.08 bits per heavy atom. The summed E-state index contributed by atoms with van der Waals surface area (Å²) in [5.41, 5.74) is 3.18. The van der Waals surface area contributed by atoms with Gasteiger partial charge in [0.15, 0.2) is 0 Å². The number of aromatic nitrogens is 2. The van der Waals surface area contributed by atoms with Gasteiger partial charge in [-0.2, -0.15) is 5.10 Å². The molecular weight excluding hydrogens is 302 g/mol. The quantitative estimate of drug-likeness (QED) is 0.884. The van der Waals surface area contributed by atoms with Crippen molar-refractivity contribution in [2.45, 2.75) is 45.1 Å². The molecule has 1 atom stereocenters. The number of amides is 1. The van der Waals surface area contributed by atoms with Gasteiger partial charge in [-0.15, -0.1) is 0 Å². The molecule has 1 heterocycles. The summed E-state index contributed by atoms with van der Waals surface area (Å²) in [4.78, 5) is 24.1. The Morgan fingerprint density at radius 1 is 1.29 bits per heavy atom. The molecule has 0 bridgehead atoms. The number of hydrogen-bond acceptors (Lipinski definition) is 3. The molecule has 5 nitrogen and oxygen atoms in total. The zero-order valence-electron chi connectivity index (χ0n) is 14.0. The molecule has 1 N–H and O–H groups in total. The number of fused-ring (bicyclic) bond motifs is 1. The molecule has 3 rings (SSSR count). The molecule has 5 heteroatoms. The number of rotatable bonds is 6. The molecule has 1 aromatic carbocycles. The number of benzene rings is 1. The third kappa shape index (κ3) is 3.91. The van der Waals surface area contributed by atoms with E-state index in [0.29, 0.717) is 19.5 Å². The minimum absolute atomic E-state index is 0.000520. The van der Waals surface area contributed by atoms with Crippen LogP contribution in [0.15, 0.2) is 41.2 Å². The van der Waals surface area contributed by atoms with Gasteiger partial charge in [-0.05, 0) is 36.3 Å². The van der Waals surface area contributed by atoms with Crippen LogP contribution in [-0.4, -0.2) is 22.2 Å². The van der Waals surface area contributed by atoms with E-state index in [1.54, 1.807) is 6.07 Å². The Bertz CT molecular complexity index is 768. The summed E-state index contributed by atoms with van der Waals surface area (Å²) in [6.07, 6.45) is 3.40. The van der Waals surface area contributed by atoms with E-state index in [4.69, 9.17) is 0 Å². The summed E-state index contributed by atoms with van der Waals surface area (Å²) in [6, 6.07) is 11.7. The van der Waals surface area contributed by atoms with Gasteiger partial charge < -0.3 is 5.32 Å². The van der Waals surface area contributed by atoms with Gasteiger partial charge in [0.1, 0.15) is 0 Å². The van der Waals surface area contributed by atoms with Gasteiger partial charge in [0.25, 0.3) is 5.56 Å². The second-order valence-electron chi connectivity index (χ2n) is 6.40. The summed E-state index contributed by atoms with van der Waals surface area (Å²) in [5.74, 6) is 0.174. The predicted octanol–water partition coefficient (Wildman–Crippen LogP) is 2.04. The van der Waals surface area contributed by atoms with Crippen molar-refractivity contribution in [1.29, 1.82) is 0 Å². The first kappa shape index (κ1) is 16.4. The molecule has 1 aliphatic rings. The van der Waals surface area contributed by atoms with Gasteiger partial charge in [0, 0.05) is 19.0 Å². The predicted molar refractivity (Wildman–Crippen MR) is 93.0 cm³/mol. The maximum atomic E-state index is 12.1. The van der Waals surface area contributed by atoms with Crippen molar-refractivity contribution >= 4 is 5.91 Å². The fraction of sp³-hybridized carbons (Fsp3) is 0.421. The zero-order chi connectivity index (χ0) is 16.9. The van der Waals surface area contributed by atoms with Crippen LogP contribution in [0.25, 0.3) is 0 Å². The van der Waals surface area contributed by atoms with Crippen LogP contribution in [0.1, 0.15) is 42.5 Å². The van der Waals surface area contributed by atoms with Gasteiger partial charge in [0.05, 0.1) is 12.2 Å². The maximum Gasteiger partial charge on any atom is 0.267 e. The molecule has 126 valence electrons. The van der Waals surface area contributed by atoms with Crippen LogP contribution in [-0.2, 0) is 24.2 Å². The molecule has 24 heavy (non-hydrogen) atoms. The van der Waals surface area contributed by atoms with Gasteiger partial charge in [-0.1, -0.05) is 37.3 Å². The smallest absolute Gasteiger partial charge is 0.267 e. The molecule has 1 aromatic heterocycles. The first-order valence-electron chi connectivity index (χ1n) is 8.55. The summed E-state index contributed by atoms with van der Waals surface area (Å²) >= 11 is 0. The monoisotopic (exact) mass is 325 g/mol. The largest absolute Gasteiger partial charge is 0.354 e. The van der Waals surface area contributed by atoms with E-state index in [-0.39, 0.29) is 17.4 Å². The fourth-order valence-corrected chi connectivity index (χ4v) is 3.15. The first-order valence-corrected chi connectivity index (χ1v) is 8.55. The number of nitrogens with one attached hydrogen (secondary N) is 1. The van der Waals surface area contributed by atoms with Crippen molar-refractivity contribution in [1.82, 2.24) is 15.1 Å². The fourth-order valence-electron chi connectivity index (χ4n) is 3.15. The second-order valence-corrected chi connectivity index (χ2v) is 6.40. The summed E-state index contributed by atoms with van der Waals surface area (Å²) < 4.78 is 1.46. The van der Waals surface area contributed by atoms with E-state index < -0.39 is 0 Å². The highest BCUT2D eigenvalue weighted by molar-refractivity contribution is 5.76. The number of carbonyl (C=O) groups excluding carboxylic acids is 1. The summed E-state index contributed by atoms with van der Waals surface area (Å²) in [6.45, 7) is 2.88. The van der Waals surface area contributed by atoms with Gasteiger partial charge >= 0.3 is 0 Å². The van der Waals surface area contributed by atoms with Gasteiger partial charge in [-0.25, -0.2) is 4.68 Å². The van der Waals surface area contributed by atoms with Crippen molar-refractivity contribution < 1.29 is 4.79 Å². The molecule has 1 aliphatic carbocycles. The number of carbonyl (C=O) groups is 1. The van der Waals surface area contributed by atoms with Crippen LogP contribution >= 0.6 is 0 Å². The second kappa shape index (κ2) is 7.43. The minimum atomic E-state index is -0.0810. The lowest BCUT2D eigenvalue weighted by Gasteiger charge is -2.12. The van der Waals surface area contributed by atoms with Crippen molar-refractivity contribution in [3.63, 3.8) is 0 Å². The van der Waals surface area contributed by atoms with E-state index >= 15 is 0 Å². The van der Waals surface area contributed by atoms with Crippen molar-refractivity contribution in [2.24, 2.45) is 0 Å². The molecule has 0 spiro atoms. The lowest BCUT2D eigenvalue weighted by molar-refractivity contribution is -0.121. The Balaban J connectivity index is 1.50. The lowest BCUT2D eigenvalue weighted by Crippen LogP contribution is -2.32. The summed E-state index contributed by atoms with van der Waals surface area (Å²) in [7, 11) is 0. The highest BCUT2D eigenvalue weighted by Crippen LogP contribution is 2.18. The van der Waals surface area contributed by atoms with Crippen LogP contribution in [0, 0.1) is 0 Å². The highest BCUT2D eigenvalue weighted by Gasteiger charge is 2.15. The molecule has 0 fully saturated rings. The average molecular weight is 325 g/mol. The van der Waals surface area contributed by atoms with Crippen molar-refractivity contribution in [2.75, 3.05) is 6.54 Å². The van der Waals surface area contributed by atoms with E-state index in [1.165, 1.54) is 4.68 Å². The molecule has 0 radical (unpaired) electrons. The van der Waals surface area contributed by atoms with Gasteiger partial charge in [0.2, 0.25) is 5.91 Å². The van der Waals surface area contributed by atoms with Crippen LogP contribution in [0.4, 0.5) is 0 Å². The van der Waals surface area contributed by atoms with Crippen molar-refractivity contribution in [3.05, 3.63) is 63.6 Å². The Morgan fingerprint density at radius 3 is 2.88 bits per heavy atom. The molecule has 0 aliphatic heterocycles. The number of hydrogen-bond donors (Lipinski definition) is 1. The van der Waals surface area contributed by atoms with Gasteiger partial charge in [-0.3, -0.25) is 9.59 Å². The Hall–Kier alpha value is -2.43. The molecular formula is C19H23N3O2. The lowest BCUT2D eigenvalue weighted by atomic mass is 9.98. The average Bonchev–Trinajstić information content (AvgIpc) is 3.02. The molecule has 1 unspecified atom stereocenters. The standard InChI is InChI=1S/C19H23N3O2/c1-14(15-6-3-2-4-7-15)12-18(23)20-10-11-22-19(24)13-16-8-5-9-17(16)21-22/h2-4,6-7,13-14H,5,8-12H2,1H3,(H,20,23). The van der Waals surface area contributed by atoms with Crippen LogP contribution in [0.2, 0.25) is 0 Å². The van der Waals surface area contributed by atoms with Crippen LogP contribution in [0.5, 0.6) is 0 Å². The third-order valence-corrected chi connectivity index (χ3v) is 4.53. The number of aryl methyl sites for hydroxylation is 2. The van der Waals surface area contributed by atoms with E-state index in [2.05, 4.69) is 10.4 Å². The van der Waals surface area contributed by atoms with Crippen LogP contribution < -0.4 is 10.9 Å². The van der Waals surface area contributed by atoms with Crippen LogP contribution in [0.3, 0.4) is 0 Å². The first-order chi connectivity index (χ1) is 11.6. The van der Waals surface area contributed by atoms with E-state index in [0.717, 1.165) is 36.1 Å². The zero-order valence-corrected chi connectivity index (χ0v) is 14.0. The van der Waals surface area contributed by atoms with Crippen molar-refractivity contribution in [3.8, 4) is 0 Å². The summed E-state index contributed by atoms with van der Waals surface area (Å²) in [5, 5.41) is 7.30. The Kier molecular flexibility index (Phi) is 5.08. The molecule has 1 amide bonds. The topological polar surface area (TPSA) is 64.0 Å².